The number of nitrogens with zero attached hydrogens (tertiary/aromatic N) is 2. The second-order valence-corrected chi connectivity index (χ2v) is 5.06. The van der Waals surface area contributed by atoms with Crippen molar-refractivity contribution >= 4 is 0 Å². The van der Waals surface area contributed by atoms with E-state index in [-0.39, 0.29) is 6.04 Å². The van der Waals surface area contributed by atoms with E-state index < -0.39 is 11.6 Å². The molecule has 1 atom stereocenters. The highest BCUT2D eigenvalue weighted by Gasteiger charge is 2.17. The Morgan fingerprint density at radius 1 is 1.23 bits per heavy atom. The lowest BCUT2D eigenvalue weighted by molar-refractivity contribution is 0.195. The van der Waals surface area contributed by atoms with Crippen molar-refractivity contribution in [2.75, 3.05) is 20.3 Å². The third kappa shape index (κ3) is 4.54. The molecule has 4 nitrogen and oxygen atoms in total. The standard InChI is InChI=1S/C16H19F2N3O/c1-11-9-20-16(21-10-11)15(19-5-6-22-2)7-12-3-4-13(17)8-14(12)18/h3-4,8-10,15,19H,5-7H2,1-2H3. The number of aromatic nitrogens is 2. The number of hydrogen-bond donors (Lipinski definition) is 1. The zero-order valence-corrected chi connectivity index (χ0v) is 12.6. The minimum absolute atomic E-state index is 0.268. The number of hydrogen-bond acceptors (Lipinski definition) is 4. The van der Waals surface area contributed by atoms with Crippen LogP contribution >= 0.6 is 0 Å². The minimum atomic E-state index is -0.586. The van der Waals surface area contributed by atoms with E-state index in [4.69, 9.17) is 4.74 Å². The van der Waals surface area contributed by atoms with E-state index in [9.17, 15) is 8.78 Å². The average molecular weight is 307 g/mol. The Balaban J connectivity index is 2.18. The Bertz CT molecular complexity index is 605. The molecule has 1 unspecified atom stereocenters. The zero-order valence-electron chi connectivity index (χ0n) is 12.6. The zero-order chi connectivity index (χ0) is 15.9. The molecule has 0 fully saturated rings. The van der Waals surface area contributed by atoms with Crippen LogP contribution in [-0.4, -0.2) is 30.2 Å². The average Bonchev–Trinajstić information content (AvgIpc) is 2.50. The van der Waals surface area contributed by atoms with Crippen molar-refractivity contribution in [2.45, 2.75) is 19.4 Å². The van der Waals surface area contributed by atoms with Gasteiger partial charge in [-0.3, -0.25) is 0 Å². The van der Waals surface area contributed by atoms with Crippen molar-refractivity contribution in [1.82, 2.24) is 15.3 Å². The molecule has 0 radical (unpaired) electrons. The molecule has 0 bridgehead atoms. The smallest absolute Gasteiger partial charge is 0.145 e. The van der Waals surface area contributed by atoms with Gasteiger partial charge in [0.2, 0.25) is 0 Å². The number of nitrogens with one attached hydrogen (secondary N) is 1. The summed E-state index contributed by atoms with van der Waals surface area (Å²) in [7, 11) is 1.61. The van der Waals surface area contributed by atoms with Crippen LogP contribution in [-0.2, 0) is 11.2 Å². The van der Waals surface area contributed by atoms with Gasteiger partial charge in [-0.1, -0.05) is 6.07 Å². The topological polar surface area (TPSA) is 47.0 Å². The van der Waals surface area contributed by atoms with Crippen LogP contribution < -0.4 is 5.32 Å². The lowest BCUT2D eigenvalue weighted by Crippen LogP contribution is -2.28. The fraction of sp³-hybridized carbons (Fsp3) is 0.375. The van der Waals surface area contributed by atoms with Crippen LogP contribution in [0.4, 0.5) is 8.78 Å². The van der Waals surface area contributed by atoms with Crippen molar-refractivity contribution in [3.8, 4) is 0 Å². The summed E-state index contributed by atoms with van der Waals surface area (Å²) in [6, 6.07) is 3.32. The molecule has 0 spiro atoms. The van der Waals surface area contributed by atoms with E-state index >= 15 is 0 Å². The van der Waals surface area contributed by atoms with Gasteiger partial charge < -0.3 is 10.1 Å². The lowest BCUT2D eigenvalue weighted by Gasteiger charge is -2.18. The number of benzene rings is 1. The molecule has 2 rings (SSSR count). The van der Waals surface area contributed by atoms with E-state index in [2.05, 4.69) is 15.3 Å². The van der Waals surface area contributed by atoms with Crippen LogP contribution in [0.3, 0.4) is 0 Å². The largest absolute Gasteiger partial charge is 0.383 e. The van der Waals surface area contributed by atoms with E-state index in [0.717, 1.165) is 11.6 Å². The van der Waals surface area contributed by atoms with E-state index in [1.54, 1.807) is 19.5 Å². The van der Waals surface area contributed by atoms with Gasteiger partial charge in [-0.2, -0.15) is 0 Å². The van der Waals surface area contributed by atoms with E-state index in [1.165, 1.54) is 12.1 Å². The first-order chi connectivity index (χ1) is 10.6. The van der Waals surface area contributed by atoms with Gasteiger partial charge in [-0.25, -0.2) is 18.7 Å². The molecule has 1 heterocycles. The summed E-state index contributed by atoms with van der Waals surface area (Å²) in [6.45, 7) is 3.01. The number of rotatable bonds is 7. The predicted octanol–water partition coefficient (Wildman–Crippen LogP) is 2.58. The van der Waals surface area contributed by atoms with Crippen LogP contribution in [0.1, 0.15) is 23.0 Å². The van der Waals surface area contributed by atoms with E-state index in [1.807, 2.05) is 6.92 Å². The summed E-state index contributed by atoms with van der Waals surface area (Å²) < 4.78 is 31.9. The van der Waals surface area contributed by atoms with Gasteiger partial charge in [0.25, 0.3) is 0 Å². The monoisotopic (exact) mass is 307 g/mol. The summed E-state index contributed by atoms with van der Waals surface area (Å²) in [5.74, 6) is -0.576. The van der Waals surface area contributed by atoms with Crippen molar-refractivity contribution < 1.29 is 13.5 Å². The van der Waals surface area contributed by atoms with Crippen LogP contribution in [0, 0.1) is 18.6 Å². The molecule has 0 saturated carbocycles. The molecule has 0 aliphatic carbocycles. The first-order valence-electron chi connectivity index (χ1n) is 7.05. The Labute approximate surface area is 128 Å². The summed E-state index contributed by atoms with van der Waals surface area (Å²) in [5.41, 5.74) is 1.37. The van der Waals surface area contributed by atoms with Gasteiger partial charge in [0.1, 0.15) is 17.5 Å². The summed E-state index contributed by atoms with van der Waals surface area (Å²) in [4.78, 5) is 8.58. The molecular formula is C16H19F2N3O. The first kappa shape index (κ1) is 16.5. The van der Waals surface area contributed by atoms with Gasteiger partial charge in [0, 0.05) is 32.1 Å². The number of aryl methyl sites for hydroxylation is 1. The second kappa shape index (κ2) is 7.91. The first-order valence-corrected chi connectivity index (χ1v) is 7.05. The molecule has 0 aliphatic heterocycles. The minimum Gasteiger partial charge on any atom is -0.383 e. The molecule has 2 aromatic rings. The maximum absolute atomic E-state index is 13.8. The Kier molecular flexibility index (Phi) is 5.91. The molecule has 6 heteroatoms. The van der Waals surface area contributed by atoms with Gasteiger partial charge in [0.15, 0.2) is 0 Å². The third-order valence-electron chi connectivity index (χ3n) is 3.25. The fourth-order valence-electron chi connectivity index (χ4n) is 2.08. The van der Waals surface area contributed by atoms with Crippen molar-refractivity contribution in [2.24, 2.45) is 0 Å². The molecule has 118 valence electrons. The molecule has 1 aromatic carbocycles. The lowest BCUT2D eigenvalue weighted by atomic mass is 10.0. The second-order valence-electron chi connectivity index (χ2n) is 5.06. The van der Waals surface area contributed by atoms with Crippen molar-refractivity contribution in [3.05, 3.63) is 59.2 Å². The van der Waals surface area contributed by atoms with Crippen LogP contribution in [0.25, 0.3) is 0 Å². The van der Waals surface area contributed by atoms with Crippen molar-refractivity contribution in [1.29, 1.82) is 0 Å². The van der Waals surface area contributed by atoms with E-state index in [0.29, 0.717) is 31.0 Å². The van der Waals surface area contributed by atoms with Gasteiger partial charge in [-0.05, 0) is 30.5 Å². The molecule has 1 N–H and O–H groups in total. The summed E-state index contributed by atoms with van der Waals surface area (Å²) in [5, 5.41) is 3.24. The normalized spacial score (nSPS) is 12.4. The number of halogens is 2. The maximum atomic E-state index is 13.8. The van der Waals surface area contributed by atoms with Crippen LogP contribution in [0.2, 0.25) is 0 Å². The highest BCUT2D eigenvalue weighted by molar-refractivity contribution is 5.21. The molecular weight excluding hydrogens is 288 g/mol. The van der Waals surface area contributed by atoms with Gasteiger partial charge in [-0.15, -0.1) is 0 Å². The van der Waals surface area contributed by atoms with Crippen molar-refractivity contribution in [3.63, 3.8) is 0 Å². The van der Waals surface area contributed by atoms with Crippen LogP contribution in [0.15, 0.2) is 30.6 Å². The van der Waals surface area contributed by atoms with Crippen LogP contribution in [0.5, 0.6) is 0 Å². The summed E-state index contributed by atoms with van der Waals surface area (Å²) in [6.07, 6.45) is 3.77. The Morgan fingerprint density at radius 3 is 2.59 bits per heavy atom. The summed E-state index contributed by atoms with van der Waals surface area (Å²) >= 11 is 0. The SMILES string of the molecule is COCCNC(Cc1ccc(F)cc1F)c1ncc(C)cn1. The molecule has 0 amide bonds. The predicted molar refractivity (Wildman–Crippen MR) is 79.5 cm³/mol. The maximum Gasteiger partial charge on any atom is 0.145 e. The highest BCUT2D eigenvalue weighted by atomic mass is 19.1. The molecule has 0 saturated heterocycles. The molecule has 22 heavy (non-hydrogen) atoms. The molecule has 1 aromatic heterocycles. The number of methoxy groups -OCH3 is 1. The van der Waals surface area contributed by atoms with Gasteiger partial charge >= 0.3 is 0 Å². The van der Waals surface area contributed by atoms with Gasteiger partial charge in [0.05, 0.1) is 12.6 Å². The Hall–Kier alpha value is -1.92. The fourth-order valence-corrected chi connectivity index (χ4v) is 2.08. The molecule has 0 aliphatic rings. The third-order valence-corrected chi connectivity index (χ3v) is 3.25. The quantitative estimate of drug-likeness (QED) is 0.799. The highest BCUT2D eigenvalue weighted by Crippen LogP contribution is 2.18. The Morgan fingerprint density at radius 2 is 1.95 bits per heavy atom. The number of ether oxygens (including phenoxy) is 1.